The molecule has 13 heteroatoms. The summed E-state index contributed by atoms with van der Waals surface area (Å²) < 4.78 is 30.1. The van der Waals surface area contributed by atoms with E-state index in [1.807, 2.05) is 0 Å². The maximum absolute atomic E-state index is 12.5. The molecule has 0 aliphatic carbocycles. The number of aromatic nitrogens is 2. The number of carbonyl (C=O) groups excluding carboxylic acids is 1. The van der Waals surface area contributed by atoms with Gasteiger partial charge in [0.1, 0.15) is 18.0 Å². The highest BCUT2D eigenvalue weighted by Gasteiger charge is 2.35. The molecule has 1 heterocycles. The predicted octanol–water partition coefficient (Wildman–Crippen LogP) is 2.56. The van der Waals surface area contributed by atoms with Crippen LogP contribution in [0.2, 0.25) is 0 Å². The first kappa shape index (κ1) is 19.7. The van der Waals surface area contributed by atoms with Gasteiger partial charge in [-0.2, -0.15) is 13.5 Å². The molecule has 1 amide bonds. The number of halogens is 2. The second kappa shape index (κ2) is 7.72. The van der Waals surface area contributed by atoms with Crippen molar-refractivity contribution in [3.05, 3.63) is 49.7 Å². The Labute approximate surface area is 149 Å². The van der Waals surface area contributed by atoms with Gasteiger partial charge in [0.2, 0.25) is 5.91 Å². The van der Waals surface area contributed by atoms with Crippen LogP contribution in [0.25, 0.3) is 0 Å². The van der Waals surface area contributed by atoms with Gasteiger partial charge in [-0.1, -0.05) is 6.07 Å². The third-order valence-electron chi connectivity index (χ3n) is 3.43. The summed E-state index contributed by atoms with van der Waals surface area (Å²) >= 11 is 0. The van der Waals surface area contributed by atoms with Crippen LogP contribution in [0.3, 0.4) is 0 Å². The van der Waals surface area contributed by atoms with E-state index >= 15 is 0 Å². The lowest BCUT2D eigenvalue weighted by atomic mass is 10.2. The zero-order valence-electron chi connectivity index (χ0n) is 14.0. The number of benzene rings is 1. The number of aryl methyl sites for hydroxylation is 1. The number of nitrogens with one attached hydrogen (secondary N) is 1. The van der Waals surface area contributed by atoms with Crippen LogP contribution < -0.4 is 10.1 Å². The summed E-state index contributed by atoms with van der Waals surface area (Å²) in [6, 6.07) is 4.17. The fourth-order valence-corrected chi connectivity index (χ4v) is 2.26. The summed E-state index contributed by atoms with van der Waals surface area (Å²) in [4.78, 5) is 32.0. The maximum atomic E-state index is 12.5. The van der Waals surface area contributed by atoms with Gasteiger partial charge in [0, 0.05) is 0 Å². The average molecular weight is 385 g/mol. The van der Waals surface area contributed by atoms with Crippen LogP contribution in [-0.2, 0) is 11.3 Å². The monoisotopic (exact) mass is 385 g/mol. The molecular weight excluding hydrogens is 372 g/mol. The lowest BCUT2D eigenvalue weighted by Gasteiger charge is -2.12. The molecule has 1 aromatic carbocycles. The molecule has 0 unspecified atom stereocenters. The number of ether oxygens (including phenoxy) is 1. The molecule has 0 radical (unpaired) electrons. The van der Waals surface area contributed by atoms with Crippen molar-refractivity contribution in [1.82, 2.24) is 9.78 Å². The van der Waals surface area contributed by atoms with Gasteiger partial charge in [0.25, 0.3) is 0 Å². The Kier molecular flexibility index (Phi) is 5.63. The van der Waals surface area contributed by atoms with Gasteiger partial charge in [0.05, 0.1) is 15.7 Å². The molecule has 1 N–H and O–H groups in total. The second-order valence-electron chi connectivity index (χ2n) is 5.36. The number of hydrogen-bond donors (Lipinski definition) is 1. The van der Waals surface area contributed by atoms with Crippen molar-refractivity contribution >= 4 is 23.1 Å². The van der Waals surface area contributed by atoms with E-state index in [1.165, 1.54) is 19.1 Å². The highest BCUT2D eigenvalue weighted by Crippen LogP contribution is 2.30. The van der Waals surface area contributed by atoms with Crippen LogP contribution in [0.5, 0.6) is 5.75 Å². The number of anilines is 1. The van der Waals surface area contributed by atoms with E-state index in [9.17, 15) is 33.8 Å². The second-order valence-corrected chi connectivity index (χ2v) is 5.36. The van der Waals surface area contributed by atoms with Crippen LogP contribution in [0.4, 0.5) is 26.0 Å². The number of amides is 1. The average Bonchev–Trinajstić information content (AvgIpc) is 2.86. The normalized spacial score (nSPS) is 10.7. The van der Waals surface area contributed by atoms with Crippen molar-refractivity contribution in [2.24, 2.45) is 0 Å². The van der Waals surface area contributed by atoms with Crippen LogP contribution in [0.15, 0.2) is 18.2 Å². The van der Waals surface area contributed by atoms with Crippen LogP contribution >= 0.6 is 0 Å². The lowest BCUT2D eigenvalue weighted by molar-refractivity contribution is -0.424. The Bertz CT molecular complexity index is 914. The standard InChI is InChI=1S/C14H13F2N5O6/c1-7-3-4-9(10(5-7)27-14(15)16)17-11(22)6-19-8(2)12(20(23)24)13(18-19)21(25)26/h3-5,14H,6H2,1-2H3,(H,17,22). The van der Waals surface area contributed by atoms with Crippen LogP contribution in [0.1, 0.15) is 11.3 Å². The topological polar surface area (TPSA) is 142 Å². The number of rotatable bonds is 7. The number of alkyl halides is 2. The van der Waals surface area contributed by atoms with Crippen LogP contribution in [0, 0.1) is 34.1 Å². The van der Waals surface area contributed by atoms with Crippen molar-refractivity contribution in [3.63, 3.8) is 0 Å². The summed E-state index contributed by atoms with van der Waals surface area (Å²) in [7, 11) is 0. The van der Waals surface area contributed by atoms with E-state index in [1.54, 1.807) is 13.0 Å². The molecule has 0 atom stereocenters. The van der Waals surface area contributed by atoms with E-state index in [0.29, 0.717) is 5.56 Å². The van der Waals surface area contributed by atoms with E-state index in [2.05, 4.69) is 15.2 Å². The first-order chi connectivity index (χ1) is 12.6. The van der Waals surface area contributed by atoms with Gasteiger partial charge in [0.15, 0.2) is 0 Å². The first-order valence-corrected chi connectivity index (χ1v) is 7.31. The van der Waals surface area contributed by atoms with Crippen LogP contribution in [-0.4, -0.2) is 32.1 Å². The first-order valence-electron chi connectivity index (χ1n) is 7.31. The minimum Gasteiger partial charge on any atom is -0.433 e. The van der Waals surface area contributed by atoms with Crippen molar-refractivity contribution < 1.29 is 28.2 Å². The molecule has 1 aromatic heterocycles. The molecule has 0 fully saturated rings. The van der Waals surface area contributed by atoms with Crippen molar-refractivity contribution in [1.29, 1.82) is 0 Å². The minimum absolute atomic E-state index is 0.0558. The Balaban J connectivity index is 2.26. The van der Waals surface area contributed by atoms with Crippen molar-refractivity contribution in [2.45, 2.75) is 27.0 Å². The number of carbonyl (C=O) groups is 1. The van der Waals surface area contributed by atoms with Gasteiger partial charge in [-0.15, -0.1) is 0 Å². The molecule has 144 valence electrons. The smallest absolute Gasteiger partial charge is 0.433 e. The van der Waals surface area contributed by atoms with Crippen molar-refractivity contribution in [2.75, 3.05) is 5.32 Å². The molecule has 11 nitrogen and oxygen atoms in total. The summed E-state index contributed by atoms with van der Waals surface area (Å²) in [5, 5.41) is 27.6. The Morgan fingerprint density at radius 1 is 1.30 bits per heavy atom. The van der Waals surface area contributed by atoms with Gasteiger partial charge >= 0.3 is 18.1 Å². The molecule has 0 saturated heterocycles. The van der Waals surface area contributed by atoms with E-state index in [-0.39, 0.29) is 17.1 Å². The molecule has 2 aromatic rings. The third kappa shape index (κ3) is 4.50. The Morgan fingerprint density at radius 2 is 1.96 bits per heavy atom. The number of nitro groups is 2. The zero-order chi connectivity index (χ0) is 20.3. The molecule has 2 rings (SSSR count). The molecule has 0 aliphatic rings. The lowest BCUT2D eigenvalue weighted by Crippen LogP contribution is -2.21. The number of nitrogens with zero attached hydrogens (tertiary/aromatic N) is 4. The van der Waals surface area contributed by atoms with Gasteiger partial charge < -0.3 is 20.2 Å². The molecule has 0 spiro atoms. The molecule has 27 heavy (non-hydrogen) atoms. The van der Waals surface area contributed by atoms with E-state index < -0.39 is 40.4 Å². The van der Waals surface area contributed by atoms with Gasteiger partial charge in [-0.25, -0.2) is 0 Å². The fraction of sp³-hybridized carbons (Fsp3) is 0.286. The van der Waals surface area contributed by atoms with E-state index in [0.717, 1.165) is 4.68 Å². The largest absolute Gasteiger partial charge is 0.468 e. The summed E-state index contributed by atoms with van der Waals surface area (Å²) in [5.41, 5.74) is -0.475. The SMILES string of the molecule is Cc1ccc(NC(=O)Cn2nc([N+](=O)[O-])c([N+](=O)[O-])c2C)c(OC(F)F)c1. The molecule has 0 aliphatic heterocycles. The minimum atomic E-state index is -3.11. The molecule has 0 bridgehead atoms. The molecular formula is C14H13F2N5O6. The van der Waals surface area contributed by atoms with E-state index in [4.69, 9.17) is 0 Å². The number of hydrogen-bond acceptors (Lipinski definition) is 7. The summed E-state index contributed by atoms with van der Waals surface area (Å²) in [5.74, 6) is -2.07. The highest BCUT2D eigenvalue weighted by molar-refractivity contribution is 5.92. The fourth-order valence-electron chi connectivity index (χ4n) is 2.26. The summed E-state index contributed by atoms with van der Waals surface area (Å²) in [6.45, 7) is -0.887. The van der Waals surface area contributed by atoms with Gasteiger partial charge in [-0.05, 0) is 36.5 Å². The van der Waals surface area contributed by atoms with Gasteiger partial charge in [-0.3, -0.25) is 14.9 Å². The Morgan fingerprint density at radius 3 is 2.48 bits per heavy atom. The highest BCUT2D eigenvalue weighted by atomic mass is 19.3. The third-order valence-corrected chi connectivity index (χ3v) is 3.43. The Hall–Kier alpha value is -3.64. The quantitative estimate of drug-likeness (QED) is 0.570. The predicted molar refractivity (Wildman–Crippen MR) is 86.7 cm³/mol. The molecule has 0 saturated carbocycles. The van der Waals surface area contributed by atoms with Crippen molar-refractivity contribution in [3.8, 4) is 5.75 Å². The zero-order valence-corrected chi connectivity index (χ0v) is 14.0. The maximum Gasteiger partial charge on any atom is 0.468 e. The summed E-state index contributed by atoms with van der Waals surface area (Å²) in [6.07, 6.45) is 0.